The monoisotopic (exact) mass is 530 g/mol. The largest absolute Gasteiger partial charge is 0.493 e. The zero-order chi connectivity index (χ0) is 26.9. The molecule has 1 aliphatic rings. The predicted octanol–water partition coefficient (Wildman–Crippen LogP) is 5.85. The zero-order valence-corrected chi connectivity index (χ0v) is 21.9. The van der Waals surface area contributed by atoms with Crippen molar-refractivity contribution in [3.8, 4) is 5.75 Å². The van der Waals surface area contributed by atoms with Crippen LogP contribution in [0.25, 0.3) is 0 Å². The highest BCUT2D eigenvalue weighted by atomic mass is 35.5. The van der Waals surface area contributed by atoms with Gasteiger partial charge in [0.1, 0.15) is 5.15 Å². The third-order valence-corrected chi connectivity index (χ3v) is 6.86. The third-order valence-electron chi connectivity index (χ3n) is 6.50. The van der Waals surface area contributed by atoms with Crippen molar-refractivity contribution in [2.24, 2.45) is 0 Å². The van der Waals surface area contributed by atoms with E-state index in [-0.39, 0.29) is 22.9 Å². The first kappa shape index (κ1) is 26.6. The number of anilines is 1. The Morgan fingerprint density at radius 3 is 2.27 bits per heavy atom. The lowest BCUT2D eigenvalue weighted by Crippen LogP contribution is -2.38. The molecule has 10 heteroatoms. The summed E-state index contributed by atoms with van der Waals surface area (Å²) in [5.74, 6) is -3.21. The number of benzene rings is 2. The molecule has 1 fully saturated rings. The Hall–Kier alpha value is -3.46. The van der Waals surface area contributed by atoms with E-state index < -0.39 is 23.3 Å². The molecule has 7 nitrogen and oxygen atoms in total. The summed E-state index contributed by atoms with van der Waals surface area (Å²) in [4.78, 5) is 27.5. The number of halogens is 3. The van der Waals surface area contributed by atoms with Crippen LogP contribution in [0.2, 0.25) is 5.15 Å². The first-order chi connectivity index (χ1) is 17.5. The van der Waals surface area contributed by atoms with Crippen molar-refractivity contribution in [1.82, 2.24) is 14.7 Å². The highest BCUT2D eigenvalue weighted by Gasteiger charge is 2.29. The second kappa shape index (κ2) is 10.5. The van der Waals surface area contributed by atoms with Gasteiger partial charge in [-0.25, -0.2) is 9.07 Å². The predicted molar refractivity (Wildman–Crippen MR) is 137 cm³/mol. The number of amides is 2. The Morgan fingerprint density at radius 1 is 1.05 bits per heavy atom. The number of rotatable bonds is 5. The van der Waals surface area contributed by atoms with Crippen LogP contribution in [0.5, 0.6) is 5.75 Å². The minimum atomic E-state index is -1.21. The molecular weight excluding hydrogens is 502 g/mol. The topological polar surface area (TPSA) is 76.5 Å². The summed E-state index contributed by atoms with van der Waals surface area (Å²) in [5.41, 5.74) is 1.59. The van der Waals surface area contributed by atoms with E-state index in [1.54, 1.807) is 21.7 Å². The van der Waals surface area contributed by atoms with Crippen LogP contribution in [0.1, 0.15) is 65.8 Å². The molecule has 196 valence electrons. The lowest BCUT2D eigenvalue weighted by atomic mass is 9.89. The number of hydrogen-bond acceptors (Lipinski definition) is 4. The van der Waals surface area contributed by atoms with Gasteiger partial charge >= 0.3 is 0 Å². The van der Waals surface area contributed by atoms with Gasteiger partial charge in [0.15, 0.2) is 11.6 Å². The quantitative estimate of drug-likeness (QED) is 0.449. The number of carbonyl (C=O) groups excluding carboxylic acids is 2. The molecule has 1 N–H and O–H groups in total. The molecule has 2 heterocycles. The van der Waals surface area contributed by atoms with E-state index in [9.17, 15) is 18.4 Å². The first-order valence-corrected chi connectivity index (χ1v) is 12.4. The second-order valence-electron chi connectivity index (χ2n) is 10.0. The Morgan fingerprint density at radius 2 is 1.70 bits per heavy atom. The third kappa shape index (κ3) is 5.46. The van der Waals surface area contributed by atoms with Gasteiger partial charge < -0.3 is 15.0 Å². The van der Waals surface area contributed by atoms with Crippen molar-refractivity contribution in [2.75, 3.05) is 25.5 Å². The molecule has 0 atom stereocenters. The Bertz CT molecular complexity index is 1310. The van der Waals surface area contributed by atoms with Gasteiger partial charge in [0.2, 0.25) is 5.82 Å². The van der Waals surface area contributed by atoms with Gasteiger partial charge in [0.05, 0.1) is 30.0 Å². The molecule has 37 heavy (non-hydrogen) atoms. The van der Waals surface area contributed by atoms with Gasteiger partial charge in [0, 0.05) is 18.8 Å². The molecule has 0 bridgehead atoms. The second-order valence-corrected chi connectivity index (χ2v) is 10.4. The maximum atomic E-state index is 13.9. The molecule has 0 radical (unpaired) electrons. The van der Waals surface area contributed by atoms with Crippen molar-refractivity contribution in [1.29, 1.82) is 0 Å². The number of carbonyl (C=O) groups is 2. The number of aromatic nitrogens is 2. The molecule has 3 aromatic rings. The number of nitrogens with zero attached hydrogens (tertiary/aromatic N) is 3. The minimum absolute atomic E-state index is 0.101. The number of piperidine rings is 1. The molecular formula is C27H29ClF2N4O3. The van der Waals surface area contributed by atoms with Crippen LogP contribution >= 0.6 is 11.6 Å². The van der Waals surface area contributed by atoms with Crippen LogP contribution in [-0.4, -0.2) is 46.7 Å². The SMILES string of the molecule is COc1c(C(=O)Nc2ccc(C3CCN(C(=O)c4cnn(C(C)(C)C)c4Cl)CC3)cc2)ccc(F)c1F. The fourth-order valence-corrected chi connectivity index (χ4v) is 4.91. The molecule has 0 aliphatic carbocycles. The van der Waals surface area contributed by atoms with E-state index in [4.69, 9.17) is 16.3 Å². The van der Waals surface area contributed by atoms with Crippen molar-refractivity contribution >= 4 is 29.1 Å². The van der Waals surface area contributed by atoms with Crippen LogP contribution in [0.15, 0.2) is 42.6 Å². The molecule has 1 aromatic heterocycles. The van der Waals surface area contributed by atoms with E-state index in [1.807, 2.05) is 32.9 Å². The lowest BCUT2D eigenvalue weighted by molar-refractivity contribution is 0.0713. The Labute approximate surface area is 219 Å². The number of hydrogen-bond donors (Lipinski definition) is 1. The number of methoxy groups -OCH3 is 1. The number of likely N-dealkylation sites (tertiary alicyclic amines) is 1. The molecule has 0 saturated carbocycles. The highest BCUT2D eigenvalue weighted by Crippen LogP contribution is 2.32. The summed E-state index contributed by atoms with van der Waals surface area (Å²) < 4.78 is 33.9. The number of ether oxygens (including phenoxy) is 1. The molecule has 2 aromatic carbocycles. The maximum absolute atomic E-state index is 13.9. The van der Waals surface area contributed by atoms with Crippen LogP contribution < -0.4 is 10.1 Å². The average Bonchev–Trinajstić information content (AvgIpc) is 3.27. The fraction of sp³-hybridized carbons (Fsp3) is 0.370. The fourth-order valence-electron chi connectivity index (χ4n) is 4.48. The molecule has 0 spiro atoms. The van der Waals surface area contributed by atoms with Gasteiger partial charge in [-0.3, -0.25) is 9.59 Å². The summed E-state index contributed by atoms with van der Waals surface area (Å²) in [6, 6.07) is 9.43. The van der Waals surface area contributed by atoms with E-state index >= 15 is 0 Å². The standard InChI is InChI=1S/C27H29ClF2N4O3/c1-27(2,3)34-24(28)20(15-31-34)26(36)33-13-11-17(12-14-33)16-5-7-18(8-6-16)32-25(35)19-9-10-21(29)22(30)23(19)37-4/h5-10,15,17H,11-14H2,1-4H3,(H,32,35). The van der Waals surface area contributed by atoms with Gasteiger partial charge in [-0.15, -0.1) is 0 Å². The van der Waals surface area contributed by atoms with Crippen LogP contribution in [-0.2, 0) is 5.54 Å². The van der Waals surface area contributed by atoms with Crippen molar-refractivity contribution in [3.63, 3.8) is 0 Å². The van der Waals surface area contributed by atoms with Gasteiger partial charge in [-0.1, -0.05) is 23.7 Å². The van der Waals surface area contributed by atoms with Gasteiger partial charge in [-0.2, -0.15) is 9.49 Å². The molecule has 4 rings (SSSR count). The van der Waals surface area contributed by atoms with Crippen molar-refractivity contribution in [3.05, 3.63) is 76.1 Å². The summed E-state index contributed by atoms with van der Waals surface area (Å²) >= 11 is 6.45. The van der Waals surface area contributed by atoms with Gasteiger partial charge in [-0.05, 0) is 69.4 Å². The van der Waals surface area contributed by atoms with E-state index in [1.165, 1.54) is 19.4 Å². The van der Waals surface area contributed by atoms with Crippen LogP contribution in [0.3, 0.4) is 0 Å². The van der Waals surface area contributed by atoms with Gasteiger partial charge in [0.25, 0.3) is 11.8 Å². The lowest BCUT2D eigenvalue weighted by Gasteiger charge is -2.32. The Kier molecular flexibility index (Phi) is 7.54. The van der Waals surface area contributed by atoms with Crippen molar-refractivity contribution in [2.45, 2.75) is 45.1 Å². The maximum Gasteiger partial charge on any atom is 0.259 e. The smallest absolute Gasteiger partial charge is 0.259 e. The number of nitrogens with one attached hydrogen (secondary N) is 1. The van der Waals surface area contributed by atoms with E-state index in [0.717, 1.165) is 24.5 Å². The summed E-state index contributed by atoms with van der Waals surface area (Å²) in [6.45, 7) is 7.11. The first-order valence-electron chi connectivity index (χ1n) is 12.0. The van der Waals surface area contributed by atoms with Crippen molar-refractivity contribution < 1.29 is 23.1 Å². The molecule has 1 aliphatic heterocycles. The summed E-state index contributed by atoms with van der Waals surface area (Å²) in [5, 5.41) is 7.33. The Balaban J connectivity index is 1.37. The van der Waals surface area contributed by atoms with Crippen LogP contribution in [0.4, 0.5) is 14.5 Å². The molecule has 0 unspecified atom stereocenters. The van der Waals surface area contributed by atoms with E-state index in [0.29, 0.717) is 29.5 Å². The average molecular weight is 531 g/mol. The summed E-state index contributed by atoms with van der Waals surface area (Å²) in [7, 11) is 1.18. The molecule has 1 saturated heterocycles. The molecule has 2 amide bonds. The summed E-state index contributed by atoms with van der Waals surface area (Å²) in [6.07, 6.45) is 3.11. The normalized spacial score (nSPS) is 14.5. The minimum Gasteiger partial charge on any atom is -0.493 e. The van der Waals surface area contributed by atoms with Crippen LogP contribution in [0, 0.1) is 11.6 Å². The zero-order valence-electron chi connectivity index (χ0n) is 21.1. The van der Waals surface area contributed by atoms with E-state index in [2.05, 4.69) is 10.4 Å². The highest BCUT2D eigenvalue weighted by molar-refractivity contribution is 6.32.